The molecule has 1 aromatic carbocycles. The van der Waals surface area contributed by atoms with Crippen molar-refractivity contribution in [3.05, 3.63) is 70.8 Å². The second-order valence-electron chi connectivity index (χ2n) is 8.31. The molecule has 1 unspecified atom stereocenters. The molecule has 1 aliphatic rings. The highest BCUT2D eigenvalue weighted by Gasteiger charge is 2.35. The van der Waals surface area contributed by atoms with Crippen molar-refractivity contribution in [3.63, 3.8) is 0 Å². The third-order valence-corrected chi connectivity index (χ3v) is 5.96. The number of carbonyl (C=O) groups is 2. The van der Waals surface area contributed by atoms with Crippen LogP contribution in [0.3, 0.4) is 0 Å². The average Bonchev–Trinajstić information content (AvgIpc) is 3.64. The van der Waals surface area contributed by atoms with Crippen LogP contribution < -0.4 is 20.5 Å². The van der Waals surface area contributed by atoms with E-state index in [1.54, 1.807) is 54.5 Å². The first kappa shape index (κ1) is 23.1. The fourth-order valence-electron chi connectivity index (χ4n) is 4.07. The van der Waals surface area contributed by atoms with Crippen LogP contribution in [0.25, 0.3) is 17.4 Å². The number of nitrogens with zero attached hydrogens (tertiary/aromatic N) is 4. The van der Waals surface area contributed by atoms with Gasteiger partial charge in [-0.3, -0.25) is 19.4 Å². The highest BCUT2D eigenvalue weighted by molar-refractivity contribution is 6.03. The standard InChI is InChI=1S/C25H24N6O5/c1-3-16-12-22(32)28-25(26-16)31-21(13-19(29-31)20-5-4-10-36-20)27-24(34)15-11-23(33)30(14-15)17-6-8-18(35-2)9-7-17/h4-10,12-13,15H,3,11,14H2,1-2H3,(H,27,34)(H,26,28,32). The van der Waals surface area contributed by atoms with Gasteiger partial charge in [0.25, 0.3) is 5.56 Å². The zero-order chi connectivity index (χ0) is 25.2. The SMILES string of the molecule is CCc1cc(=O)[nH]c(-n2nc(-c3ccco3)cc2NC(=O)C2CC(=O)N(c3ccc(OC)cc3)C2)n1. The fourth-order valence-corrected chi connectivity index (χ4v) is 4.07. The topological polar surface area (TPSA) is 135 Å². The normalized spacial score (nSPS) is 15.3. The van der Waals surface area contributed by atoms with Gasteiger partial charge in [0.15, 0.2) is 5.76 Å². The van der Waals surface area contributed by atoms with E-state index in [1.807, 2.05) is 6.92 Å². The Balaban J connectivity index is 1.42. The van der Waals surface area contributed by atoms with Gasteiger partial charge in [0.2, 0.25) is 17.8 Å². The third-order valence-electron chi connectivity index (χ3n) is 5.96. The number of H-pyrrole nitrogens is 1. The summed E-state index contributed by atoms with van der Waals surface area (Å²) in [5, 5.41) is 7.36. The average molecular weight is 489 g/mol. The van der Waals surface area contributed by atoms with E-state index in [1.165, 1.54) is 17.0 Å². The maximum Gasteiger partial charge on any atom is 0.252 e. The van der Waals surface area contributed by atoms with Crippen LogP contribution in [0.15, 0.2) is 64.0 Å². The number of amides is 2. The number of aryl methyl sites for hydroxylation is 1. The summed E-state index contributed by atoms with van der Waals surface area (Å²) in [4.78, 5) is 46.8. The minimum Gasteiger partial charge on any atom is -0.497 e. The number of hydrogen-bond acceptors (Lipinski definition) is 7. The van der Waals surface area contributed by atoms with E-state index in [9.17, 15) is 14.4 Å². The number of methoxy groups -OCH3 is 1. The lowest BCUT2D eigenvalue weighted by Crippen LogP contribution is -2.28. The Morgan fingerprint density at radius 2 is 2.03 bits per heavy atom. The maximum absolute atomic E-state index is 13.2. The number of nitrogens with one attached hydrogen (secondary N) is 2. The smallest absolute Gasteiger partial charge is 0.252 e. The van der Waals surface area contributed by atoms with Gasteiger partial charge in [-0.2, -0.15) is 9.78 Å². The molecule has 1 aliphatic heterocycles. The van der Waals surface area contributed by atoms with Gasteiger partial charge < -0.3 is 19.4 Å². The van der Waals surface area contributed by atoms with Crippen molar-refractivity contribution in [1.29, 1.82) is 0 Å². The Hall–Kier alpha value is -4.67. The van der Waals surface area contributed by atoms with Crippen molar-refractivity contribution >= 4 is 23.3 Å². The van der Waals surface area contributed by atoms with Crippen LogP contribution in [0.4, 0.5) is 11.5 Å². The molecule has 11 nitrogen and oxygen atoms in total. The zero-order valence-electron chi connectivity index (χ0n) is 19.7. The van der Waals surface area contributed by atoms with Crippen molar-refractivity contribution < 1.29 is 18.7 Å². The molecule has 0 bridgehead atoms. The summed E-state index contributed by atoms with van der Waals surface area (Å²) in [5.74, 6) is 0.545. The van der Waals surface area contributed by atoms with E-state index in [-0.39, 0.29) is 42.1 Å². The Morgan fingerprint density at radius 3 is 2.72 bits per heavy atom. The van der Waals surface area contributed by atoms with Crippen molar-refractivity contribution in [3.8, 4) is 23.2 Å². The Kier molecular flexibility index (Phi) is 6.11. The fraction of sp³-hybridized carbons (Fsp3) is 0.240. The largest absolute Gasteiger partial charge is 0.497 e. The maximum atomic E-state index is 13.2. The van der Waals surface area contributed by atoms with Gasteiger partial charge >= 0.3 is 0 Å². The van der Waals surface area contributed by atoms with Gasteiger partial charge in [0, 0.05) is 36.5 Å². The number of ether oxygens (including phenoxy) is 1. The van der Waals surface area contributed by atoms with Crippen LogP contribution in [0, 0.1) is 5.92 Å². The summed E-state index contributed by atoms with van der Waals surface area (Å²) in [6.45, 7) is 2.12. The van der Waals surface area contributed by atoms with Gasteiger partial charge in [-0.05, 0) is 42.8 Å². The molecule has 1 atom stereocenters. The van der Waals surface area contributed by atoms with E-state index < -0.39 is 5.92 Å². The molecule has 36 heavy (non-hydrogen) atoms. The van der Waals surface area contributed by atoms with Crippen molar-refractivity contribution in [2.45, 2.75) is 19.8 Å². The number of rotatable bonds is 7. The third kappa shape index (κ3) is 4.50. The molecule has 3 aromatic heterocycles. The van der Waals surface area contributed by atoms with Crippen molar-refractivity contribution in [1.82, 2.24) is 19.7 Å². The molecule has 4 heterocycles. The number of furan rings is 1. The first-order valence-corrected chi connectivity index (χ1v) is 11.4. The lowest BCUT2D eigenvalue weighted by Gasteiger charge is -2.17. The Morgan fingerprint density at radius 1 is 1.22 bits per heavy atom. The molecule has 0 saturated carbocycles. The summed E-state index contributed by atoms with van der Waals surface area (Å²) < 4.78 is 12.0. The predicted octanol–water partition coefficient (Wildman–Crippen LogP) is 2.78. The molecule has 1 saturated heterocycles. The summed E-state index contributed by atoms with van der Waals surface area (Å²) in [7, 11) is 1.57. The Bertz CT molecular complexity index is 1460. The molecule has 4 aromatic rings. The minimum absolute atomic E-state index is 0.0669. The van der Waals surface area contributed by atoms with Crippen LogP contribution >= 0.6 is 0 Å². The van der Waals surface area contributed by atoms with Crippen molar-refractivity contribution in [2.24, 2.45) is 5.92 Å². The first-order valence-electron chi connectivity index (χ1n) is 11.4. The number of aromatic nitrogens is 4. The van der Waals surface area contributed by atoms with E-state index in [4.69, 9.17) is 9.15 Å². The highest BCUT2D eigenvalue weighted by Crippen LogP contribution is 2.29. The monoisotopic (exact) mass is 488 g/mol. The van der Waals surface area contributed by atoms with Gasteiger partial charge in [0.1, 0.15) is 17.3 Å². The molecule has 11 heteroatoms. The Labute approximate surface area is 205 Å². The van der Waals surface area contributed by atoms with Gasteiger partial charge in [-0.1, -0.05) is 6.92 Å². The summed E-state index contributed by atoms with van der Waals surface area (Å²) in [5.41, 5.74) is 1.39. The number of anilines is 2. The highest BCUT2D eigenvalue weighted by atomic mass is 16.5. The lowest BCUT2D eigenvalue weighted by atomic mass is 10.1. The minimum atomic E-state index is -0.580. The number of hydrogen-bond donors (Lipinski definition) is 2. The van der Waals surface area contributed by atoms with Crippen molar-refractivity contribution in [2.75, 3.05) is 23.9 Å². The first-order chi connectivity index (χ1) is 17.4. The second-order valence-corrected chi connectivity index (χ2v) is 8.31. The molecule has 1 fully saturated rings. The zero-order valence-corrected chi connectivity index (χ0v) is 19.7. The van der Waals surface area contributed by atoms with Gasteiger partial charge in [-0.25, -0.2) is 4.98 Å². The number of carbonyl (C=O) groups excluding carboxylic acids is 2. The molecule has 0 aliphatic carbocycles. The van der Waals surface area contributed by atoms with Crippen LogP contribution in [0.2, 0.25) is 0 Å². The van der Waals surface area contributed by atoms with Crippen LogP contribution in [0.5, 0.6) is 5.75 Å². The quantitative estimate of drug-likeness (QED) is 0.408. The molecule has 5 rings (SSSR count). The van der Waals surface area contributed by atoms with E-state index in [2.05, 4.69) is 20.4 Å². The van der Waals surface area contributed by atoms with Gasteiger partial charge in [-0.15, -0.1) is 0 Å². The summed E-state index contributed by atoms with van der Waals surface area (Å²) in [6, 6.07) is 13.6. The molecule has 0 radical (unpaired) electrons. The van der Waals surface area contributed by atoms with Crippen LogP contribution in [-0.4, -0.2) is 45.2 Å². The lowest BCUT2D eigenvalue weighted by molar-refractivity contribution is -0.122. The number of benzene rings is 1. The predicted molar refractivity (Wildman–Crippen MR) is 131 cm³/mol. The van der Waals surface area contributed by atoms with E-state index >= 15 is 0 Å². The van der Waals surface area contributed by atoms with E-state index in [0.717, 1.165) is 0 Å². The summed E-state index contributed by atoms with van der Waals surface area (Å²) >= 11 is 0. The molecule has 0 spiro atoms. The molecule has 184 valence electrons. The van der Waals surface area contributed by atoms with Crippen LogP contribution in [-0.2, 0) is 16.0 Å². The number of aromatic amines is 1. The van der Waals surface area contributed by atoms with Crippen LogP contribution in [0.1, 0.15) is 19.0 Å². The molecular formula is C25H24N6O5. The second kappa shape index (κ2) is 9.53. The molecule has 2 amide bonds. The molecular weight excluding hydrogens is 464 g/mol. The van der Waals surface area contributed by atoms with E-state index in [0.29, 0.717) is 35.0 Å². The molecule has 2 N–H and O–H groups in total. The van der Waals surface area contributed by atoms with Gasteiger partial charge in [0.05, 0.1) is 19.3 Å². The summed E-state index contributed by atoms with van der Waals surface area (Å²) in [6.07, 6.45) is 2.13.